The standard InChI is InChI=1S/C15H30N2/c1-3-5-14(6-4-2)7-9-15(10-8-14)11-12-17(16)13-15/h3-13,16H2,1-2H3. The Hall–Kier alpha value is -0.0800. The lowest BCUT2D eigenvalue weighted by molar-refractivity contribution is 0.0647. The Balaban J connectivity index is 1.95. The van der Waals surface area contributed by atoms with E-state index in [0.29, 0.717) is 10.8 Å². The van der Waals surface area contributed by atoms with Crippen molar-refractivity contribution >= 4 is 0 Å². The van der Waals surface area contributed by atoms with Gasteiger partial charge >= 0.3 is 0 Å². The maximum absolute atomic E-state index is 5.96. The van der Waals surface area contributed by atoms with E-state index in [4.69, 9.17) is 5.84 Å². The summed E-state index contributed by atoms with van der Waals surface area (Å²) in [6, 6.07) is 0. The largest absolute Gasteiger partial charge is 0.269 e. The van der Waals surface area contributed by atoms with E-state index in [1.807, 2.05) is 5.01 Å². The molecule has 2 rings (SSSR count). The number of hydrogen-bond acceptors (Lipinski definition) is 2. The monoisotopic (exact) mass is 238 g/mol. The molecule has 1 heterocycles. The zero-order valence-electron chi connectivity index (χ0n) is 11.8. The van der Waals surface area contributed by atoms with Crippen LogP contribution in [0.25, 0.3) is 0 Å². The third-order valence-electron chi connectivity index (χ3n) is 5.40. The van der Waals surface area contributed by atoms with Gasteiger partial charge in [-0.15, -0.1) is 0 Å². The summed E-state index contributed by atoms with van der Waals surface area (Å²) in [5.41, 5.74) is 1.29. The number of hydrazine groups is 1. The maximum atomic E-state index is 5.96. The minimum atomic E-state index is 0.597. The lowest BCUT2D eigenvalue weighted by Crippen LogP contribution is -2.38. The van der Waals surface area contributed by atoms with Crippen LogP contribution >= 0.6 is 0 Å². The van der Waals surface area contributed by atoms with Crippen LogP contribution in [0.4, 0.5) is 0 Å². The Morgan fingerprint density at radius 3 is 1.94 bits per heavy atom. The van der Waals surface area contributed by atoms with Gasteiger partial charge in [-0.25, -0.2) is 5.01 Å². The summed E-state index contributed by atoms with van der Waals surface area (Å²) < 4.78 is 0. The van der Waals surface area contributed by atoms with Crippen molar-refractivity contribution in [3.05, 3.63) is 0 Å². The minimum Gasteiger partial charge on any atom is -0.269 e. The number of rotatable bonds is 4. The highest BCUT2D eigenvalue weighted by atomic mass is 15.4. The van der Waals surface area contributed by atoms with E-state index < -0.39 is 0 Å². The van der Waals surface area contributed by atoms with E-state index >= 15 is 0 Å². The van der Waals surface area contributed by atoms with Gasteiger partial charge < -0.3 is 0 Å². The van der Waals surface area contributed by atoms with Gasteiger partial charge in [-0.1, -0.05) is 26.7 Å². The zero-order valence-corrected chi connectivity index (χ0v) is 11.8. The van der Waals surface area contributed by atoms with E-state index in [2.05, 4.69) is 13.8 Å². The number of hydrogen-bond donors (Lipinski definition) is 1. The molecule has 1 aliphatic heterocycles. The maximum Gasteiger partial charge on any atom is 0.0185 e. The molecule has 0 unspecified atom stereocenters. The van der Waals surface area contributed by atoms with Gasteiger partial charge in [-0.2, -0.15) is 0 Å². The van der Waals surface area contributed by atoms with Gasteiger partial charge in [-0.3, -0.25) is 5.84 Å². The van der Waals surface area contributed by atoms with Crippen molar-refractivity contribution in [1.29, 1.82) is 0 Å². The van der Waals surface area contributed by atoms with Gasteiger partial charge in [-0.05, 0) is 55.8 Å². The molecule has 0 atom stereocenters. The van der Waals surface area contributed by atoms with Crippen LogP contribution < -0.4 is 5.84 Å². The van der Waals surface area contributed by atoms with E-state index in [0.717, 1.165) is 13.1 Å². The normalized spacial score (nSPS) is 27.7. The molecule has 100 valence electrons. The Bertz CT molecular complexity index is 233. The highest BCUT2D eigenvalue weighted by Gasteiger charge is 2.44. The van der Waals surface area contributed by atoms with Gasteiger partial charge in [0.25, 0.3) is 0 Å². The third kappa shape index (κ3) is 2.85. The molecule has 1 saturated carbocycles. The fourth-order valence-electron chi connectivity index (χ4n) is 4.37. The summed E-state index contributed by atoms with van der Waals surface area (Å²) in [5, 5.41) is 2.05. The van der Waals surface area contributed by atoms with Gasteiger partial charge in [0.1, 0.15) is 0 Å². The SMILES string of the molecule is CCCC1(CCC)CCC2(CCN(N)C2)CC1. The van der Waals surface area contributed by atoms with E-state index in [1.54, 1.807) is 0 Å². The molecule has 2 aliphatic rings. The lowest BCUT2D eigenvalue weighted by atomic mass is 9.60. The molecule has 2 nitrogen and oxygen atoms in total. The summed E-state index contributed by atoms with van der Waals surface area (Å²) in [6.45, 7) is 6.97. The molecule has 0 aromatic rings. The summed E-state index contributed by atoms with van der Waals surface area (Å²) in [6.07, 6.45) is 12.7. The van der Waals surface area contributed by atoms with Crippen LogP contribution in [-0.2, 0) is 0 Å². The molecule has 2 fully saturated rings. The van der Waals surface area contributed by atoms with Crippen molar-refractivity contribution in [3.63, 3.8) is 0 Å². The second-order valence-corrected chi connectivity index (χ2v) is 6.72. The van der Waals surface area contributed by atoms with Crippen molar-refractivity contribution in [1.82, 2.24) is 5.01 Å². The van der Waals surface area contributed by atoms with Crippen molar-refractivity contribution < 1.29 is 0 Å². The summed E-state index contributed by atoms with van der Waals surface area (Å²) in [5.74, 6) is 5.96. The fraction of sp³-hybridized carbons (Fsp3) is 1.00. The van der Waals surface area contributed by atoms with Gasteiger partial charge in [0.2, 0.25) is 0 Å². The molecule has 0 radical (unpaired) electrons. The van der Waals surface area contributed by atoms with Crippen LogP contribution in [-0.4, -0.2) is 18.1 Å². The molecular formula is C15H30N2. The lowest BCUT2D eigenvalue weighted by Gasteiger charge is -2.45. The second-order valence-electron chi connectivity index (χ2n) is 6.72. The number of nitrogens with two attached hydrogens (primary N) is 1. The molecule has 2 N–H and O–H groups in total. The quantitative estimate of drug-likeness (QED) is 0.756. The highest BCUT2D eigenvalue weighted by molar-refractivity contribution is 4.96. The van der Waals surface area contributed by atoms with Gasteiger partial charge in [0.05, 0.1) is 0 Å². The smallest absolute Gasteiger partial charge is 0.0185 e. The first-order valence-corrected chi connectivity index (χ1v) is 7.63. The van der Waals surface area contributed by atoms with Crippen molar-refractivity contribution in [3.8, 4) is 0 Å². The van der Waals surface area contributed by atoms with Crippen LogP contribution in [0, 0.1) is 10.8 Å². The van der Waals surface area contributed by atoms with Crippen LogP contribution in [0.3, 0.4) is 0 Å². The summed E-state index contributed by atoms with van der Waals surface area (Å²) in [7, 11) is 0. The molecule has 1 spiro atoms. The molecule has 0 aromatic carbocycles. The molecule has 1 aliphatic carbocycles. The molecule has 1 saturated heterocycles. The zero-order chi connectivity index (χ0) is 12.4. The first kappa shape index (κ1) is 13.4. The summed E-state index contributed by atoms with van der Waals surface area (Å²) >= 11 is 0. The predicted molar refractivity (Wildman–Crippen MR) is 73.5 cm³/mol. The van der Waals surface area contributed by atoms with E-state index in [1.165, 1.54) is 57.8 Å². The first-order chi connectivity index (χ1) is 8.14. The van der Waals surface area contributed by atoms with Gasteiger partial charge in [0.15, 0.2) is 0 Å². The second kappa shape index (κ2) is 5.27. The topological polar surface area (TPSA) is 29.3 Å². The molecule has 0 bridgehead atoms. The molecular weight excluding hydrogens is 208 g/mol. The van der Waals surface area contributed by atoms with E-state index in [-0.39, 0.29) is 0 Å². The predicted octanol–water partition coefficient (Wildman–Crippen LogP) is 3.71. The Morgan fingerprint density at radius 1 is 0.941 bits per heavy atom. The highest BCUT2D eigenvalue weighted by Crippen LogP contribution is 2.53. The van der Waals surface area contributed by atoms with Crippen LogP contribution in [0.2, 0.25) is 0 Å². The summed E-state index contributed by atoms with van der Waals surface area (Å²) in [4.78, 5) is 0. The Labute approximate surface area is 107 Å². The van der Waals surface area contributed by atoms with Crippen LogP contribution in [0.5, 0.6) is 0 Å². The van der Waals surface area contributed by atoms with Crippen molar-refractivity contribution in [2.45, 2.75) is 71.6 Å². The molecule has 17 heavy (non-hydrogen) atoms. The minimum absolute atomic E-state index is 0.597. The van der Waals surface area contributed by atoms with Crippen molar-refractivity contribution in [2.24, 2.45) is 16.7 Å². The Kier molecular flexibility index (Phi) is 4.14. The Morgan fingerprint density at radius 2 is 1.53 bits per heavy atom. The number of nitrogens with zero attached hydrogens (tertiary/aromatic N) is 1. The van der Waals surface area contributed by atoms with E-state index in [9.17, 15) is 0 Å². The molecule has 0 aromatic heterocycles. The van der Waals surface area contributed by atoms with Crippen LogP contribution in [0.15, 0.2) is 0 Å². The fourth-order valence-corrected chi connectivity index (χ4v) is 4.37. The van der Waals surface area contributed by atoms with Gasteiger partial charge in [0, 0.05) is 13.1 Å². The average Bonchev–Trinajstić information content (AvgIpc) is 2.66. The molecule has 2 heteroatoms. The first-order valence-electron chi connectivity index (χ1n) is 7.63. The molecule has 0 amide bonds. The third-order valence-corrected chi connectivity index (χ3v) is 5.40. The van der Waals surface area contributed by atoms with Crippen molar-refractivity contribution in [2.75, 3.05) is 13.1 Å². The van der Waals surface area contributed by atoms with Crippen LogP contribution in [0.1, 0.15) is 71.6 Å². The average molecular weight is 238 g/mol.